The molecule has 0 spiro atoms. The quantitative estimate of drug-likeness (QED) is 0.779. The maximum absolute atomic E-state index is 12.2. The van der Waals surface area contributed by atoms with E-state index < -0.39 is 0 Å². The molecular weight excluding hydrogens is 242 g/mol. The van der Waals surface area contributed by atoms with Gasteiger partial charge in [-0.15, -0.1) is 0 Å². The van der Waals surface area contributed by atoms with Crippen molar-refractivity contribution in [3.8, 4) is 0 Å². The van der Waals surface area contributed by atoms with E-state index in [1.54, 1.807) is 18.1 Å². The van der Waals surface area contributed by atoms with Gasteiger partial charge in [0.2, 0.25) is 0 Å². The van der Waals surface area contributed by atoms with Crippen molar-refractivity contribution in [3.63, 3.8) is 0 Å². The zero-order valence-corrected chi connectivity index (χ0v) is 11.1. The van der Waals surface area contributed by atoms with Crippen LogP contribution in [0.1, 0.15) is 29.6 Å². The number of amides is 1. The summed E-state index contributed by atoms with van der Waals surface area (Å²) in [5, 5.41) is 16.5. The second kappa shape index (κ2) is 6.33. The first kappa shape index (κ1) is 13.5. The molecule has 0 radical (unpaired) electrons. The van der Waals surface area contributed by atoms with E-state index in [9.17, 15) is 4.79 Å². The van der Waals surface area contributed by atoms with Crippen LogP contribution in [0.15, 0.2) is 24.4 Å². The first-order valence-electron chi connectivity index (χ1n) is 6.52. The van der Waals surface area contributed by atoms with Crippen molar-refractivity contribution in [1.29, 1.82) is 0 Å². The molecule has 0 saturated heterocycles. The Morgan fingerprint density at radius 2 is 2.21 bits per heavy atom. The lowest BCUT2D eigenvalue weighted by atomic mass is 10.1. The summed E-state index contributed by atoms with van der Waals surface area (Å²) in [6.45, 7) is 0.928. The SMILES string of the molecule is CN(CCCCCO)C(=O)c1ccc2[nH]ncc2c1. The maximum Gasteiger partial charge on any atom is 0.253 e. The highest BCUT2D eigenvalue weighted by Crippen LogP contribution is 2.14. The molecule has 102 valence electrons. The summed E-state index contributed by atoms with van der Waals surface area (Å²) in [7, 11) is 1.81. The van der Waals surface area contributed by atoms with E-state index in [1.165, 1.54) is 0 Å². The number of nitrogens with one attached hydrogen (secondary N) is 1. The van der Waals surface area contributed by atoms with Gasteiger partial charge in [0.25, 0.3) is 5.91 Å². The van der Waals surface area contributed by atoms with Gasteiger partial charge >= 0.3 is 0 Å². The number of aliphatic hydroxyl groups is 1. The van der Waals surface area contributed by atoms with Crippen molar-refractivity contribution in [3.05, 3.63) is 30.0 Å². The summed E-state index contributed by atoms with van der Waals surface area (Å²) < 4.78 is 0. The molecule has 1 amide bonds. The minimum absolute atomic E-state index is 0.0205. The van der Waals surface area contributed by atoms with Gasteiger partial charge in [0, 0.05) is 31.1 Å². The van der Waals surface area contributed by atoms with Gasteiger partial charge in [-0.1, -0.05) is 0 Å². The molecule has 0 aliphatic heterocycles. The molecule has 19 heavy (non-hydrogen) atoms. The lowest BCUT2D eigenvalue weighted by Gasteiger charge is -2.17. The lowest BCUT2D eigenvalue weighted by molar-refractivity contribution is 0.0792. The minimum Gasteiger partial charge on any atom is -0.396 e. The molecule has 2 N–H and O–H groups in total. The monoisotopic (exact) mass is 261 g/mol. The molecule has 0 atom stereocenters. The van der Waals surface area contributed by atoms with Crippen molar-refractivity contribution in [2.45, 2.75) is 19.3 Å². The van der Waals surface area contributed by atoms with Crippen molar-refractivity contribution in [2.75, 3.05) is 20.2 Å². The number of H-pyrrole nitrogens is 1. The molecule has 0 unspecified atom stereocenters. The van der Waals surface area contributed by atoms with Gasteiger partial charge < -0.3 is 10.0 Å². The number of benzene rings is 1. The zero-order valence-electron chi connectivity index (χ0n) is 11.1. The van der Waals surface area contributed by atoms with Crippen LogP contribution in [0, 0.1) is 0 Å². The Balaban J connectivity index is 1.97. The third kappa shape index (κ3) is 3.32. The van der Waals surface area contributed by atoms with Gasteiger partial charge in [0.15, 0.2) is 0 Å². The number of aromatic nitrogens is 2. The summed E-state index contributed by atoms with van der Waals surface area (Å²) in [4.78, 5) is 13.9. The van der Waals surface area contributed by atoms with Gasteiger partial charge in [-0.25, -0.2) is 0 Å². The van der Waals surface area contributed by atoms with E-state index in [0.717, 1.165) is 30.2 Å². The Bertz CT molecular complexity index is 550. The molecule has 0 aliphatic carbocycles. The molecule has 2 rings (SSSR count). The average molecular weight is 261 g/mol. The van der Waals surface area contributed by atoms with E-state index in [0.29, 0.717) is 12.1 Å². The standard InChI is InChI=1S/C14H19N3O2/c1-17(7-3-2-4-8-18)14(19)11-5-6-13-12(9-11)10-15-16-13/h5-6,9-10,18H,2-4,7-8H2,1H3,(H,15,16). The van der Waals surface area contributed by atoms with E-state index in [2.05, 4.69) is 10.2 Å². The van der Waals surface area contributed by atoms with Crippen molar-refractivity contribution in [2.24, 2.45) is 0 Å². The van der Waals surface area contributed by atoms with Crippen LogP contribution in [-0.2, 0) is 0 Å². The Hall–Kier alpha value is -1.88. The van der Waals surface area contributed by atoms with Crippen molar-refractivity contribution < 1.29 is 9.90 Å². The molecular formula is C14H19N3O2. The number of hydrogen-bond donors (Lipinski definition) is 2. The summed E-state index contributed by atoms with van der Waals surface area (Å²) in [6.07, 6.45) is 4.36. The molecule has 1 heterocycles. The predicted molar refractivity (Wildman–Crippen MR) is 74.0 cm³/mol. The second-order valence-electron chi connectivity index (χ2n) is 4.68. The predicted octanol–water partition coefficient (Wildman–Crippen LogP) is 1.80. The number of nitrogens with zero attached hydrogens (tertiary/aromatic N) is 2. The highest BCUT2D eigenvalue weighted by molar-refractivity contribution is 5.97. The van der Waals surface area contributed by atoms with Crippen LogP contribution in [0.25, 0.3) is 10.9 Å². The van der Waals surface area contributed by atoms with Gasteiger partial charge in [-0.2, -0.15) is 5.10 Å². The Morgan fingerprint density at radius 3 is 3.00 bits per heavy atom. The van der Waals surface area contributed by atoms with Gasteiger partial charge in [-0.05, 0) is 37.5 Å². The smallest absolute Gasteiger partial charge is 0.253 e. The topological polar surface area (TPSA) is 69.2 Å². The van der Waals surface area contributed by atoms with Gasteiger partial charge in [0.05, 0.1) is 11.7 Å². The first-order chi connectivity index (χ1) is 9.22. The number of hydrogen-bond acceptors (Lipinski definition) is 3. The number of rotatable bonds is 6. The summed E-state index contributed by atoms with van der Waals surface area (Å²) in [6, 6.07) is 5.54. The fraction of sp³-hybridized carbons (Fsp3) is 0.429. The third-order valence-corrected chi connectivity index (χ3v) is 3.19. The summed E-state index contributed by atoms with van der Waals surface area (Å²) in [5.41, 5.74) is 1.61. The fourth-order valence-electron chi connectivity index (χ4n) is 2.04. The molecule has 1 aromatic carbocycles. The minimum atomic E-state index is 0.0205. The normalized spacial score (nSPS) is 10.8. The van der Waals surface area contributed by atoms with E-state index in [1.807, 2.05) is 18.2 Å². The number of carbonyl (C=O) groups excluding carboxylic acids is 1. The van der Waals surface area contributed by atoms with Crippen molar-refractivity contribution >= 4 is 16.8 Å². The summed E-state index contributed by atoms with van der Waals surface area (Å²) >= 11 is 0. The molecule has 5 nitrogen and oxygen atoms in total. The number of carbonyl (C=O) groups is 1. The molecule has 0 saturated carbocycles. The second-order valence-corrected chi connectivity index (χ2v) is 4.68. The van der Waals surface area contributed by atoms with Crippen LogP contribution in [-0.4, -0.2) is 46.3 Å². The fourth-order valence-corrected chi connectivity index (χ4v) is 2.04. The zero-order chi connectivity index (χ0) is 13.7. The molecule has 0 bridgehead atoms. The Morgan fingerprint density at radius 1 is 1.37 bits per heavy atom. The molecule has 2 aromatic rings. The Kier molecular flexibility index (Phi) is 4.52. The number of unbranched alkanes of at least 4 members (excludes halogenated alkanes) is 2. The molecule has 5 heteroatoms. The molecule has 0 aliphatic rings. The van der Waals surface area contributed by atoms with E-state index in [4.69, 9.17) is 5.11 Å². The lowest BCUT2D eigenvalue weighted by Crippen LogP contribution is -2.27. The first-order valence-corrected chi connectivity index (χ1v) is 6.52. The van der Waals surface area contributed by atoms with Gasteiger partial charge in [0.1, 0.15) is 0 Å². The van der Waals surface area contributed by atoms with E-state index >= 15 is 0 Å². The van der Waals surface area contributed by atoms with Crippen LogP contribution < -0.4 is 0 Å². The largest absolute Gasteiger partial charge is 0.396 e. The van der Waals surface area contributed by atoms with Crippen LogP contribution >= 0.6 is 0 Å². The highest BCUT2D eigenvalue weighted by Gasteiger charge is 2.11. The summed E-state index contributed by atoms with van der Waals surface area (Å²) in [5.74, 6) is 0.0205. The number of fused-ring (bicyclic) bond motifs is 1. The van der Waals surface area contributed by atoms with Crippen LogP contribution in [0.2, 0.25) is 0 Å². The van der Waals surface area contributed by atoms with E-state index in [-0.39, 0.29) is 12.5 Å². The van der Waals surface area contributed by atoms with Crippen LogP contribution in [0.5, 0.6) is 0 Å². The van der Waals surface area contributed by atoms with Crippen LogP contribution in [0.4, 0.5) is 0 Å². The molecule has 1 aromatic heterocycles. The van der Waals surface area contributed by atoms with Gasteiger partial charge in [-0.3, -0.25) is 9.89 Å². The average Bonchev–Trinajstić information content (AvgIpc) is 2.89. The third-order valence-electron chi connectivity index (χ3n) is 3.19. The van der Waals surface area contributed by atoms with Crippen molar-refractivity contribution in [1.82, 2.24) is 15.1 Å². The van der Waals surface area contributed by atoms with Crippen LogP contribution in [0.3, 0.4) is 0 Å². The highest BCUT2D eigenvalue weighted by atomic mass is 16.2. The number of aliphatic hydroxyl groups excluding tert-OH is 1. The molecule has 0 fully saturated rings. The number of aromatic amines is 1. The maximum atomic E-state index is 12.2. The Labute approximate surface area is 112 Å².